The summed E-state index contributed by atoms with van der Waals surface area (Å²) in [5.74, 6) is -0.0208. The Morgan fingerprint density at radius 1 is 0.298 bits per heavy atom. The molecule has 0 aromatic carbocycles. The number of carbonyl (C=O) groups excluding carboxylic acids is 2. The molecule has 0 spiro atoms. The van der Waals surface area contributed by atoms with Gasteiger partial charge in [-0.25, -0.2) is 0 Å². The Kier molecular flexibility index (Phi) is 81.3. The number of nitrogens with one attached hydrogen (secondary N) is 1. The van der Waals surface area contributed by atoms with Crippen molar-refractivity contribution in [3.05, 3.63) is 48.6 Å². The van der Waals surface area contributed by atoms with Gasteiger partial charge in [0.2, 0.25) is 5.91 Å². The summed E-state index contributed by atoms with van der Waals surface area (Å²) < 4.78 is 5.50. The molecule has 0 aromatic heterocycles. The SMILES string of the molecule is CCCCCC/C=C\C/C=C\CCCCCCCC(=O)OCCCCCCCCCCCCCCC/C=C\C/C=C\CCCCCCCCCCCCCCCCCCCC(=O)NC(CO)C(O)CCCCCCCCCCCCCCCCCCCCCCCCCC. The number of aliphatic hydroxyl groups is 2. The summed E-state index contributed by atoms with van der Waals surface area (Å²) in [4.78, 5) is 24.7. The summed E-state index contributed by atoms with van der Waals surface area (Å²) in [6.45, 7) is 4.98. The molecule has 0 saturated carbocycles. The molecular weight excluding hydrogens is 1150 g/mol. The van der Waals surface area contributed by atoms with Crippen LogP contribution in [0, 0.1) is 0 Å². The highest BCUT2D eigenvalue weighted by molar-refractivity contribution is 5.76. The molecule has 0 aliphatic rings. The first-order valence-corrected chi connectivity index (χ1v) is 42.9. The highest BCUT2D eigenvalue weighted by Gasteiger charge is 2.20. The molecule has 2 unspecified atom stereocenters. The van der Waals surface area contributed by atoms with Crippen LogP contribution < -0.4 is 5.32 Å². The van der Waals surface area contributed by atoms with Crippen molar-refractivity contribution in [3.8, 4) is 0 Å². The van der Waals surface area contributed by atoms with E-state index in [0.717, 1.165) is 57.8 Å². The number of unbranched alkanes of at least 4 members (excludes halogenated alkanes) is 62. The fourth-order valence-corrected chi connectivity index (χ4v) is 13.6. The van der Waals surface area contributed by atoms with E-state index in [1.165, 1.54) is 385 Å². The largest absolute Gasteiger partial charge is 0.466 e. The van der Waals surface area contributed by atoms with Crippen molar-refractivity contribution in [2.45, 2.75) is 488 Å². The second-order valence-electron chi connectivity index (χ2n) is 29.5. The van der Waals surface area contributed by atoms with Crippen molar-refractivity contribution in [3.63, 3.8) is 0 Å². The lowest BCUT2D eigenvalue weighted by molar-refractivity contribution is -0.143. The van der Waals surface area contributed by atoms with E-state index in [1.54, 1.807) is 0 Å². The summed E-state index contributed by atoms with van der Waals surface area (Å²) in [6.07, 6.45) is 111. The molecule has 0 fully saturated rings. The number of esters is 1. The van der Waals surface area contributed by atoms with Gasteiger partial charge in [0.05, 0.1) is 25.4 Å². The Morgan fingerprint density at radius 3 is 0.819 bits per heavy atom. The lowest BCUT2D eigenvalue weighted by atomic mass is 10.0. The van der Waals surface area contributed by atoms with E-state index in [-0.39, 0.29) is 18.5 Å². The third-order valence-electron chi connectivity index (χ3n) is 20.1. The summed E-state index contributed by atoms with van der Waals surface area (Å²) in [5.41, 5.74) is 0. The molecule has 0 radical (unpaired) electrons. The van der Waals surface area contributed by atoms with Gasteiger partial charge in [-0.2, -0.15) is 0 Å². The van der Waals surface area contributed by atoms with Crippen LogP contribution in [0.15, 0.2) is 48.6 Å². The molecule has 0 saturated heterocycles. The van der Waals surface area contributed by atoms with Gasteiger partial charge in [0.15, 0.2) is 0 Å². The monoisotopic (exact) mass is 1320 g/mol. The van der Waals surface area contributed by atoms with Crippen LogP contribution in [0.3, 0.4) is 0 Å². The first-order valence-electron chi connectivity index (χ1n) is 42.9. The Bertz CT molecular complexity index is 1570. The van der Waals surface area contributed by atoms with E-state index in [2.05, 4.69) is 67.8 Å². The van der Waals surface area contributed by atoms with Crippen molar-refractivity contribution in [2.75, 3.05) is 13.2 Å². The van der Waals surface area contributed by atoms with E-state index in [9.17, 15) is 19.8 Å². The van der Waals surface area contributed by atoms with Gasteiger partial charge in [-0.05, 0) is 89.9 Å². The summed E-state index contributed by atoms with van der Waals surface area (Å²) >= 11 is 0. The fourth-order valence-electron chi connectivity index (χ4n) is 13.6. The first kappa shape index (κ1) is 91.8. The van der Waals surface area contributed by atoms with Crippen molar-refractivity contribution < 1.29 is 24.5 Å². The average Bonchev–Trinajstić information content (AvgIpc) is 3.79. The Labute approximate surface area is 588 Å². The molecule has 94 heavy (non-hydrogen) atoms. The van der Waals surface area contributed by atoms with Gasteiger partial charge in [0.1, 0.15) is 0 Å². The molecule has 2 atom stereocenters. The highest BCUT2D eigenvalue weighted by Crippen LogP contribution is 2.20. The molecule has 0 bridgehead atoms. The molecule has 0 aliphatic heterocycles. The zero-order chi connectivity index (χ0) is 67.7. The number of rotatable bonds is 81. The summed E-state index contributed by atoms with van der Waals surface area (Å²) in [5, 5.41) is 23.5. The standard InChI is InChI=1S/C88H167NO5/c1-3-5-7-9-11-13-15-17-19-21-22-23-24-40-43-46-49-52-56-60-64-68-72-76-80-86(91)85(84-90)89-87(92)81-77-73-69-65-61-57-53-50-47-44-41-38-36-34-32-30-28-26-25-27-29-31-33-35-37-39-42-45-48-51-55-59-63-67-71-75-79-83-94-88(93)82-78-74-70-66-62-58-54-20-18-16-14-12-10-8-6-4-2/h14,16,20,25,27,31,33,54,85-86,90-91H,3-13,15,17-19,21-24,26,28-30,32,34-53,55-84H2,1-2H3,(H,89,92)/b16-14-,27-25-,33-31-,54-20-. The molecule has 0 aliphatic carbocycles. The van der Waals surface area contributed by atoms with Crippen molar-refractivity contribution >= 4 is 11.9 Å². The maximum absolute atomic E-state index is 12.6. The number of aliphatic hydroxyl groups excluding tert-OH is 2. The average molecular weight is 1320 g/mol. The van der Waals surface area contributed by atoms with Crippen LogP contribution in [-0.2, 0) is 14.3 Å². The van der Waals surface area contributed by atoms with E-state index < -0.39 is 12.1 Å². The predicted molar refractivity (Wildman–Crippen MR) is 416 cm³/mol. The smallest absolute Gasteiger partial charge is 0.305 e. The third-order valence-corrected chi connectivity index (χ3v) is 20.1. The third kappa shape index (κ3) is 78.8. The van der Waals surface area contributed by atoms with Gasteiger partial charge < -0.3 is 20.3 Å². The quantitative estimate of drug-likeness (QED) is 0.0320. The molecular formula is C88H167NO5. The molecule has 6 nitrogen and oxygen atoms in total. The van der Waals surface area contributed by atoms with Gasteiger partial charge in [-0.1, -0.05) is 422 Å². The van der Waals surface area contributed by atoms with Gasteiger partial charge >= 0.3 is 5.97 Å². The van der Waals surface area contributed by atoms with E-state index in [1.807, 2.05) is 0 Å². The maximum atomic E-state index is 12.6. The topological polar surface area (TPSA) is 95.9 Å². The highest BCUT2D eigenvalue weighted by atomic mass is 16.5. The number of hydrogen-bond acceptors (Lipinski definition) is 5. The number of amides is 1. The van der Waals surface area contributed by atoms with Crippen LogP contribution in [0.5, 0.6) is 0 Å². The number of hydrogen-bond donors (Lipinski definition) is 3. The van der Waals surface area contributed by atoms with Crippen LogP contribution in [0.4, 0.5) is 0 Å². The van der Waals surface area contributed by atoms with Gasteiger partial charge in [0.25, 0.3) is 0 Å². The normalized spacial score (nSPS) is 12.7. The minimum atomic E-state index is -0.665. The van der Waals surface area contributed by atoms with Crippen LogP contribution >= 0.6 is 0 Å². The van der Waals surface area contributed by atoms with Crippen molar-refractivity contribution in [2.24, 2.45) is 0 Å². The second kappa shape index (κ2) is 83.2. The van der Waals surface area contributed by atoms with Crippen molar-refractivity contribution in [1.82, 2.24) is 5.32 Å². The second-order valence-corrected chi connectivity index (χ2v) is 29.5. The van der Waals surface area contributed by atoms with Gasteiger partial charge in [0, 0.05) is 12.8 Å². The number of ether oxygens (including phenoxy) is 1. The van der Waals surface area contributed by atoms with E-state index >= 15 is 0 Å². The number of allylic oxidation sites excluding steroid dienone is 8. The molecule has 554 valence electrons. The van der Waals surface area contributed by atoms with Crippen LogP contribution in [0.2, 0.25) is 0 Å². The first-order chi connectivity index (χ1) is 46.5. The Hall–Kier alpha value is -2.18. The number of carbonyl (C=O) groups is 2. The minimum absolute atomic E-state index is 0.00589. The Balaban J connectivity index is 3.37. The zero-order valence-corrected chi connectivity index (χ0v) is 63.7. The van der Waals surface area contributed by atoms with Gasteiger partial charge in [-0.15, -0.1) is 0 Å². The molecule has 0 heterocycles. The molecule has 3 N–H and O–H groups in total. The maximum Gasteiger partial charge on any atom is 0.305 e. The molecule has 6 heteroatoms. The van der Waals surface area contributed by atoms with Gasteiger partial charge in [-0.3, -0.25) is 9.59 Å². The molecule has 1 amide bonds. The van der Waals surface area contributed by atoms with E-state index in [4.69, 9.17) is 4.74 Å². The fraction of sp³-hybridized carbons (Fsp3) is 0.886. The molecule has 0 rings (SSSR count). The summed E-state index contributed by atoms with van der Waals surface area (Å²) in [6, 6.07) is -0.542. The Morgan fingerprint density at radius 2 is 0.532 bits per heavy atom. The van der Waals surface area contributed by atoms with E-state index in [0.29, 0.717) is 25.9 Å². The molecule has 0 aromatic rings. The van der Waals surface area contributed by atoms with Crippen LogP contribution in [0.1, 0.15) is 476 Å². The lowest BCUT2D eigenvalue weighted by Gasteiger charge is -2.22. The summed E-state index contributed by atoms with van der Waals surface area (Å²) in [7, 11) is 0. The minimum Gasteiger partial charge on any atom is -0.466 e. The predicted octanol–water partition coefficient (Wildman–Crippen LogP) is 28.7. The lowest BCUT2D eigenvalue weighted by Crippen LogP contribution is -2.45. The zero-order valence-electron chi connectivity index (χ0n) is 63.7. The van der Waals surface area contributed by atoms with Crippen LogP contribution in [-0.4, -0.2) is 47.4 Å². The van der Waals surface area contributed by atoms with Crippen molar-refractivity contribution in [1.29, 1.82) is 0 Å². The van der Waals surface area contributed by atoms with Crippen LogP contribution in [0.25, 0.3) is 0 Å².